The van der Waals surface area contributed by atoms with Gasteiger partial charge in [-0.2, -0.15) is 5.10 Å². The van der Waals surface area contributed by atoms with Crippen LogP contribution in [0.2, 0.25) is 5.02 Å². The molecule has 0 aromatic carbocycles. The highest BCUT2D eigenvalue weighted by molar-refractivity contribution is 6.31. The lowest BCUT2D eigenvalue weighted by atomic mass is 9.93. The van der Waals surface area contributed by atoms with Crippen LogP contribution in [0.15, 0.2) is 6.20 Å². The van der Waals surface area contributed by atoms with E-state index in [2.05, 4.69) is 10.4 Å². The lowest BCUT2D eigenvalue weighted by Crippen LogP contribution is -2.29. The minimum Gasteiger partial charge on any atom is -0.383 e. The molecule has 4 nitrogen and oxygen atoms in total. The van der Waals surface area contributed by atoms with E-state index in [1.807, 2.05) is 4.68 Å². The summed E-state index contributed by atoms with van der Waals surface area (Å²) in [6.07, 6.45) is 5.23. The Hall–Kier alpha value is -0.580. The standard InChI is InChI=1S/C12H20ClN3O/c1-17-7-6-16-12(11(13)9-15-16)8-10-2-4-14-5-3-10/h9-10,14H,2-8H2,1H3. The van der Waals surface area contributed by atoms with Gasteiger partial charge in [-0.05, 0) is 38.3 Å². The summed E-state index contributed by atoms with van der Waals surface area (Å²) in [5, 5.41) is 8.48. The first-order valence-electron chi connectivity index (χ1n) is 6.21. The van der Waals surface area contributed by atoms with Crippen molar-refractivity contribution in [3.05, 3.63) is 16.9 Å². The second-order valence-corrected chi connectivity index (χ2v) is 4.96. The number of nitrogens with one attached hydrogen (secondary N) is 1. The molecule has 1 saturated heterocycles. The maximum Gasteiger partial charge on any atom is 0.0817 e. The van der Waals surface area contributed by atoms with Gasteiger partial charge in [-0.25, -0.2) is 0 Å². The SMILES string of the molecule is COCCn1ncc(Cl)c1CC1CCNCC1. The Morgan fingerprint density at radius 3 is 3.00 bits per heavy atom. The van der Waals surface area contributed by atoms with Crippen LogP contribution >= 0.6 is 11.6 Å². The fourth-order valence-corrected chi connectivity index (χ4v) is 2.54. The van der Waals surface area contributed by atoms with Crippen molar-refractivity contribution >= 4 is 11.6 Å². The summed E-state index contributed by atoms with van der Waals surface area (Å²) in [5.74, 6) is 0.728. The van der Waals surface area contributed by atoms with Gasteiger partial charge in [0.15, 0.2) is 0 Å². The largest absolute Gasteiger partial charge is 0.383 e. The number of halogens is 1. The molecule has 2 rings (SSSR count). The Kier molecular flexibility index (Phi) is 4.83. The summed E-state index contributed by atoms with van der Waals surface area (Å²) in [6, 6.07) is 0. The lowest BCUT2D eigenvalue weighted by Gasteiger charge is -2.23. The topological polar surface area (TPSA) is 39.1 Å². The fourth-order valence-electron chi connectivity index (χ4n) is 2.32. The molecule has 0 saturated carbocycles. The van der Waals surface area contributed by atoms with Crippen molar-refractivity contribution in [2.24, 2.45) is 5.92 Å². The van der Waals surface area contributed by atoms with Crippen LogP contribution in [0.3, 0.4) is 0 Å². The number of hydrogen-bond donors (Lipinski definition) is 1. The van der Waals surface area contributed by atoms with E-state index in [0.717, 1.165) is 42.7 Å². The van der Waals surface area contributed by atoms with Gasteiger partial charge in [-0.1, -0.05) is 11.6 Å². The molecular formula is C12H20ClN3O. The monoisotopic (exact) mass is 257 g/mol. The van der Waals surface area contributed by atoms with E-state index in [0.29, 0.717) is 6.61 Å². The van der Waals surface area contributed by atoms with E-state index in [1.54, 1.807) is 13.3 Å². The van der Waals surface area contributed by atoms with Crippen LogP contribution in [0, 0.1) is 5.92 Å². The third-order valence-corrected chi connectivity index (χ3v) is 3.66. The summed E-state index contributed by atoms with van der Waals surface area (Å²) < 4.78 is 7.07. The molecule has 1 aliphatic heterocycles. The second kappa shape index (κ2) is 6.38. The number of nitrogens with zero attached hydrogens (tertiary/aromatic N) is 2. The molecular weight excluding hydrogens is 238 g/mol. The normalized spacial score (nSPS) is 17.5. The molecule has 5 heteroatoms. The number of ether oxygens (including phenoxy) is 1. The molecule has 0 unspecified atom stereocenters. The Bertz CT molecular complexity index is 348. The predicted octanol–water partition coefficient (Wildman–Crippen LogP) is 1.72. The number of aromatic nitrogens is 2. The van der Waals surface area contributed by atoms with Gasteiger partial charge < -0.3 is 10.1 Å². The van der Waals surface area contributed by atoms with Crippen LogP contribution in [0.5, 0.6) is 0 Å². The molecule has 1 aromatic heterocycles. The van der Waals surface area contributed by atoms with E-state index in [9.17, 15) is 0 Å². The first-order chi connectivity index (χ1) is 8.31. The number of methoxy groups -OCH3 is 1. The van der Waals surface area contributed by atoms with Crippen LogP contribution < -0.4 is 5.32 Å². The van der Waals surface area contributed by atoms with Crippen molar-refractivity contribution in [1.82, 2.24) is 15.1 Å². The van der Waals surface area contributed by atoms with Gasteiger partial charge in [-0.15, -0.1) is 0 Å². The second-order valence-electron chi connectivity index (χ2n) is 4.55. The van der Waals surface area contributed by atoms with Crippen molar-refractivity contribution < 1.29 is 4.74 Å². The Morgan fingerprint density at radius 1 is 1.53 bits per heavy atom. The molecule has 0 radical (unpaired) electrons. The fraction of sp³-hybridized carbons (Fsp3) is 0.750. The van der Waals surface area contributed by atoms with Crippen molar-refractivity contribution in [2.45, 2.75) is 25.8 Å². The summed E-state index contributed by atoms with van der Waals surface area (Å²) in [7, 11) is 1.71. The third kappa shape index (κ3) is 3.44. The molecule has 0 atom stereocenters. The minimum atomic E-state index is 0.678. The van der Waals surface area contributed by atoms with Gasteiger partial charge >= 0.3 is 0 Å². The molecule has 1 fully saturated rings. The highest BCUT2D eigenvalue weighted by Crippen LogP contribution is 2.23. The van der Waals surface area contributed by atoms with Crippen molar-refractivity contribution in [2.75, 3.05) is 26.8 Å². The highest BCUT2D eigenvalue weighted by Gasteiger charge is 2.18. The van der Waals surface area contributed by atoms with E-state index in [-0.39, 0.29) is 0 Å². The van der Waals surface area contributed by atoms with Gasteiger partial charge in [0.05, 0.1) is 30.1 Å². The van der Waals surface area contributed by atoms with Crippen molar-refractivity contribution in [1.29, 1.82) is 0 Å². The predicted molar refractivity (Wildman–Crippen MR) is 68.4 cm³/mol. The molecule has 0 bridgehead atoms. The number of rotatable bonds is 5. The van der Waals surface area contributed by atoms with Crippen LogP contribution in [-0.4, -0.2) is 36.6 Å². The third-order valence-electron chi connectivity index (χ3n) is 3.35. The lowest BCUT2D eigenvalue weighted by molar-refractivity contribution is 0.182. The average Bonchev–Trinajstić information content (AvgIpc) is 2.70. The zero-order valence-corrected chi connectivity index (χ0v) is 11.0. The molecule has 0 amide bonds. The first-order valence-corrected chi connectivity index (χ1v) is 6.59. The van der Waals surface area contributed by atoms with Crippen LogP contribution in [-0.2, 0) is 17.7 Å². The van der Waals surface area contributed by atoms with Crippen LogP contribution in [0.4, 0.5) is 0 Å². The Balaban J connectivity index is 1.99. The summed E-state index contributed by atoms with van der Waals surface area (Å²) >= 11 is 6.20. The first kappa shape index (κ1) is 12.9. The minimum absolute atomic E-state index is 0.678. The number of hydrogen-bond acceptors (Lipinski definition) is 3. The maximum absolute atomic E-state index is 6.20. The quantitative estimate of drug-likeness (QED) is 0.873. The summed E-state index contributed by atoms with van der Waals surface area (Å²) in [5.41, 5.74) is 1.16. The van der Waals surface area contributed by atoms with Crippen LogP contribution in [0.1, 0.15) is 18.5 Å². The molecule has 0 aliphatic carbocycles. The summed E-state index contributed by atoms with van der Waals surface area (Å²) in [4.78, 5) is 0. The van der Waals surface area contributed by atoms with Gasteiger partial charge in [0.1, 0.15) is 0 Å². The van der Waals surface area contributed by atoms with Gasteiger partial charge in [0.25, 0.3) is 0 Å². The van der Waals surface area contributed by atoms with E-state index in [4.69, 9.17) is 16.3 Å². The van der Waals surface area contributed by atoms with Gasteiger partial charge in [-0.3, -0.25) is 4.68 Å². The number of piperidine rings is 1. The smallest absolute Gasteiger partial charge is 0.0817 e. The molecule has 1 aliphatic rings. The Morgan fingerprint density at radius 2 is 2.29 bits per heavy atom. The summed E-state index contributed by atoms with van der Waals surface area (Å²) in [6.45, 7) is 3.70. The van der Waals surface area contributed by atoms with Gasteiger partial charge in [0, 0.05) is 7.11 Å². The molecule has 17 heavy (non-hydrogen) atoms. The van der Waals surface area contributed by atoms with E-state index in [1.165, 1.54) is 12.8 Å². The highest BCUT2D eigenvalue weighted by atomic mass is 35.5. The molecule has 1 aromatic rings. The Labute approximate surface area is 107 Å². The zero-order valence-electron chi connectivity index (χ0n) is 10.3. The van der Waals surface area contributed by atoms with E-state index < -0.39 is 0 Å². The van der Waals surface area contributed by atoms with Gasteiger partial charge in [0.2, 0.25) is 0 Å². The molecule has 96 valence electrons. The van der Waals surface area contributed by atoms with Crippen molar-refractivity contribution in [3.8, 4) is 0 Å². The molecule has 1 N–H and O–H groups in total. The molecule has 0 spiro atoms. The average molecular weight is 258 g/mol. The maximum atomic E-state index is 6.20. The van der Waals surface area contributed by atoms with E-state index >= 15 is 0 Å². The van der Waals surface area contributed by atoms with Crippen molar-refractivity contribution in [3.63, 3.8) is 0 Å². The zero-order chi connectivity index (χ0) is 12.1. The molecule has 2 heterocycles. The van der Waals surface area contributed by atoms with Crippen LogP contribution in [0.25, 0.3) is 0 Å².